The van der Waals surface area contributed by atoms with Crippen LogP contribution < -0.4 is 10.1 Å². The van der Waals surface area contributed by atoms with Gasteiger partial charge in [0.15, 0.2) is 6.61 Å². The third kappa shape index (κ3) is 2.74. The Morgan fingerprint density at radius 2 is 2.15 bits per heavy atom. The summed E-state index contributed by atoms with van der Waals surface area (Å²) in [5, 5.41) is 2.51. The Bertz CT molecular complexity index is 670. The topological polar surface area (TPSA) is 38.3 Å². The van der Waals surface area contributed by atoms with Crippen LogP contribution >= 0.6 is 54.8 Å². The SMILES string of the molecule is O=C1COc2ccc(C(Cl)c3cc(Br)c(Br)s3)cc2N1. The molecule has 1 aliphatic rings. The van der Waals surface area contributed by atoms with Gasteiger partial charge >= 0.3 is 0 Å². The number of halogens is 3. The molecule has 7 heteroatoms. The maximum absolute atomic E-state index is 11.3. The van der Waals surface area contributed by atoms with Gasteiger partial charge in [0.2, 0.25) is 0 Å². The largest absolute Gasteiger partial charge is 0.482 e. The molecule has 1 aromatic carbocycles. The number of hydrogen-bond acceptors (Lipinski definition) is 3. The molecule has 0 fully saturated rings. The summed E-state index contributed by atoms with van der Waals surface area (Å²) in [5.74, 6) is 0.521. The third-order valence-corrected chi connectivity index (χ3v) is 6.78. The molecule has 2 aromatic rings. The van der Waals surface area contributed by atoms with Gasteiger partial charge in [0.05, 0.1) is 14.9 Å². The minimum Gasteiger partial charge on any atom is -0.482 e. The molecule has 0 saturated heterocycles. The summed E-state index contributed by atoms with van der Waals surface area (Å²) in [4.78, 5) is 12.4. The molecule has 2 heterocycles. The lowest BCUT2D eigenvalue weighted by molar-refractivity contribution is -0.118. The number of amides is 1. The summed E-state index contributed by atoms with van der Waals surface area (Å²) in [6.07, 6.45) is 0. The second-order valence-corrected chi connectivity index (χ2v) is 7.92. The van der Waals surface area contributed by atoms with Crippen LogP contribution in [-0.4, -0.2) is 12.5 Å². The van der Waals surface area contributed by atoms with Gasteiger partial charge in [-0.3, -0.25) is 4.79 Å². The zero-order valence-corrected chi connectivity index (χ0v) is 14.7. The van der Waals surface area contributed by atoms with Gasteiger partial charge in [-0.15, -0.1) is 22.9 Å². The molecule has 3 rings (SSSR count). The molecule has 20 heavy (non-hydrogen) atoms. The molecule has 0 aliphatic carbocycles. The highest BCUT2D eigenvalue weighted by molar-refractivity contribution is 9.13. The van der Waals surface area contributed by atoms with E-state index in [4.69, 9.17) is 16.3 Å². The van der Waals surface area contributed by atoms with Gasteiger partial charge in [0, 0.05) is 9.35 Å². The van der Waals surface area contributed by atoms with E-state index in [1.54, 1.807) is 11.3 Å². The van der Waals surface area contributed by atoms with Crippen molar-refractivity contribution in [1.82, 2.24) is 0 Å². The molecule has 1 aliphatic heterocycles. The van der Waals surface area contributed by atoms with E-state index in [-0.39, 0.29) is 17.9 Å². The first-order valence-corrected chi connectivity index (χ1v) is 8.54. The number of carbonyl (C=O) groups excluding carboxylic acids is 1. The predicted octanol–water partition coefficient (Wildman–Crippen LogP) is 4.93. The highest BCUT2D eigenvalue weighted by Gasteiger charge is 2.20. The molecule has 0 saturated carbocycles. The number of benzene rings is 1. The Balaban J connectivity index is 1.94. The van der Waals surface area contributed by atoms with Crippen molar-refractivity contribution in [1.29, 1.82) is 0 Å². The summed E-state index contributed by atoms with van der Waals surface area (Å²) >= 11 is 15.0. The monoisotopic (exact) mass is 435 g/mol. The van der Waals surface area contributed by atoms with Crippen molar-refractivity contribution in [3.05, 3.63) is 43.0 Å². The van der Waals surface area contributed by atoms with E-state index in [1.807, 2.05) is 24.3 Å². The number of ether oxygens (including phenoxy) is 1. The Kier molecular flexibility index (Phi) is 4.08. The molecule has 0 bridgehead atoms. The highest BCUT2D eigenvalue weighted by Crippen LogP contribution is 2.42. The standard InChI is InChI=1S/C13H8Br2ClNO2S/c14-7-4-10(20-13(7)15)12(16)6-1-2-9-8(3-6)17-11(18)5-19-9/h1-4,12H,5H2,(H,17,18). The Morgan fingerprint density at radius 3 is 2.85 bits per heavy atom. The highest BCUT2D eigenvalue weighted by atomic mass is 79.9. The molecule has 1 amide bonds. The van der Waals surface area contributed by atoms with E-state index in [0.717, 1.165) is 18.7 Å². The summed E-state index contributed by atoms with van der Waals surface area (Å²) < 4.78 is 7.32. The predicted molar refractivity (Wildman–Crippen MR) is 88.0 cm³/mol. The molecule has 104 valence electrons. The van der Waals surface area contributed by atoms with E-state index in [0.29, 0.717) is 11.4 Å². The summed E-state index contributed by atoms with van der Waals surface area (Å²) in [5.41, 5.74) is 1.58. The van der Waals surface area contributed by atoms with Crippen LogP contribution in [0.5, 0.6) is 5.75 Å². The number of carbonyl (C=O) groups is 1. The normalized spacial score (nSPS) is 15.2. The molecule has 0 spiro atoms. The van der Waals surface area contributed by atoms with Crippen molar-refractivity contribution in [2.75, 3.05) is 11.9 Å². The maximum Gasteiger partial charge on any atom is 0.262 e. The van der Waals surface area contributed by atoms with Crippen molar-refractivity contribution in [2.45, 2.75) is 5.38 Å². The summed E-state index contributed by atoms with van der Waals surface area (Å²) in [6, 6.07) is 7.58. The van der Waals surface area contributed by atoms with E-state index >= 15 is 0 Å². The van der Waals surface area contributed by atoms with Crippen LogP contribution in [0.2, 0.25) is 0 Å². The van der Waals surface area contributed by atoms with Gasteiger partial charge in [0.1, 0.15) is 5.75 Å². The molecule has 1 N–H and O–H groups in total. The second-order valence-electron chi connectivity index (χ2n) is 4.23. The van der Waals surface area contributed by atoms with Crippen LogP contribution in [0.15, 0.2) is 32.5 Å². The zero-order valence-electron chi connectivity index (χ0n) is 9.95. The van der Waals surface area contributed by atoms with E-state index in [1.165, 1.54) is 0 Å². The first kappa shape index (κ1) is 14.4. The number of hydrogen-bond donors (Lipinski definition) is 1. The van der Waals surface area contributed by atoms with Crippen molar-refractivity contribution in [3.63, 3.8) is 0 Å². The lowest BCUT2D eigenvalue weighted by Crippen LogP contribution is -2.25. The Hall–Kier alpha value is -0.560. The smallest absolute Gasteiger partial charge is 0.262 e. The van der Waals surface area contributed by atoms with Gasteiger partial charge in [-0.05, 0) is 55.6 Å². The average molecular weight is 438 g/mol. The minimum atomic E-state index is -0.272. The van der Waals surface area contributed by atoms with Crippen molar-refractivity contribution in [3.8, 4) is 5.75 Å². The summed E-state index contributed by atoms with van der Waals surface area (Å²) in [7, 11) is 0. The number of fused-ring (bicyclic) bond motifs is 1. The number of nitrogens with one attached hydrogen (secondary N) is 1. The fourth-order valence-corrected chi connectivity index (χ4v) is 4.34. The molecule has 1 aromatic heterocycles. The molecule has 3 nitrogen and oxygen atoms in total. The quantitative estimate of drug-likeness (QED) is 0.677. The summed E-state index contributed by atoms with van der Waals surface area (Å²) in [6.45, 7) is 0.0570. The van der Waals surface area contributed by atoms with Gasteiger partial charge in [-0.1, -0.05) is 6.07 Å². The van der Waals surface area contributed by atoms with Crippen molar-refractivity contribution >= 4 is 66.4 Å². The maximum atomic E-state index is 11.3. The Labute approximate surface area is 141 Å². The number of rotatable bonds is 2. The zero-order chi connectivity index (χ0) is 14.3. The number of thiophene rings is 1. The van der Waals surface area contributed by atoms with E-state index in [2.05, 4.69) is 37.2 Å². The van der Waals surface area contributed by atoms with E-state index in [9.17, 15) is 4.79 Å². The van der Waals surface area contributed by atoms with Crippen LogP contribution in [0.1, 0.15) is 15.8 Å². The molecule has 0 radical (unpaired) electrons. The van der Waals surface area contributed by atoms with Gasteiger partial charge in [-0.2, -0.15) is 0 Å². The van der Waals surface area contributed by atoms with Crippen LogP contribution in [0.25, 0.3) is 0 Å². The van der Waals surface area contributed by atoms with Gasteiger partial charge in [-0.25, -0.2) is 0 Å². The third-order valence-electron chi connectivity index (χ3n) is 2.84. The van der Waals surface area contributed by atoms with Crippen LogP contribution in [0, 0.1) is 0 Å². The fraction of sp³-hybridized carbons (Fsp3) is 0.154. The first-order valence-electron chi connectivity index (χ1n) is 5.70. The van der Waals surface area contributed by atoms with E-state index < -0.39 is 0 Å². The molecule has 1 atom stereocenters. The van der Waals surface area contributed by atoms with Crippen LogP contribution in [-0.2, 0) is 4.79 Å². The lowest BCUT2D eigenvalue weighted by Gasteiger charge is -2.19. The van der Waals surface area contributed by atoms with Crippen LogP contribution in [0.3, 0.4) is 0 Å². The van der Waals surface area contributed by atoms with Gasteiger partial charge in [0.25, 0.3) is 5.91 Å². The molecular weight excluding hydrogens is 429 g/mol. The Morgan fingerprint density at radius 1 is 1.35 bits per heavy atom. The number of anilines is 1. The lowest BCUT2D eigenvalue weighted by atomic mass is 10.1. The minimum absolute atomic E-state index is 0.0570. The molecular formula is C13H8Br2ClNO2S. The fourth-order valence-electron chi connectivity index (χ4n) is 1.91. The van der Waals surface area contributed by atoms with Crippen LogP contribution in [0.4, 0.5) is 5.69 Å². The number of alkyl halides is 1. The van der Waals surface area contributed by atoms with Gasteiger partial charge < -0.3 is 10.1 Å². The van der Waals surface area contributed by atoms with Crippen molar-refractivity contribution < 1.29 is 9.53 Å². The average Bonchev–Trinajstić information content (AvgIpc) is 2.77. The molecule has 1 unspecified atom stereocenters. The van der Waals surface area contributed by atoms with Crippen molar-refractivity contribution in [2.24, 2.45) is 0 Å². The first-order chi connectivity index (χ1) is 9.54. The second kappa shape index (κ2) is 5.67.